The molecule has 0 bridgehead atoms. The number of benzene rings is 1. The van der Waals surface area contributed by atoms with Gasteiger partial charge in [0.1, 0.15) is 17.2 Å². The van der Waals surface area contributed by atoms with Crippen molar-refractivity contribution in [3.05, 3.63) is 54.1 Å². The predicted octanol–water partition coefficient (Wildman–Crippen LogP) is 2.14. The Morgan fingerprint density at radius 1 is 1.13 bits per heavy atom. The molecule has 2 atom stereocenters. The second-order valence-electron chi connectivity index (χ2n) is 8.45. The summed E-state index contributed by atoms with van der Waals surface area (Å²) >= 11 is 0. The molecule has 0 unspecified atom stereocenters. The zero-order valence-electron chi connectivity index (χ0n) is 18.5. The number of nitrogens with one attached hydrogen (secondary N) is 3. The van der Waals surface area contributed by atoms with E-state index in [2.05, 4.69) is 20.6 Å². The average Bonchev–Trinajstić information content (AvgIpc) is 3.19. The van der Waals surface area contributed by atoms with Crippen LogP contribution in [0.5, 0.6) is 0 Å². The quantitative estimate of drug-likeness (QED) is 0.552. The number of rotatable bonds is 8. The Kier molecular flexibility index (Phi) is 7.79. The van der Waals surface area contributed by atoms with Gasteiger partial charge in [-0.2, -0.15) is 0 Å². The molecule has 31 heavy (non-hydrogen) atoms. The second-order valence-corrected chi connectivity index (χ2v) is 8.45. The van der Waals surface area contributed by atoms with Crippen molar-refractivity contribution in [3.63, 3.8) is 0 Å². The SMILES string of the molecule is COC(=O)[C@H](Cc1cnc[nH]1)NC(=O)[C@](C)(Cc1ccccc1)NC(=O)OC(C)(C)C. The Labute approximate surface area is 181 Å². The number of nitrogens with zero attached hydrogens (tertiary/aromatic N) is 1. The molecule has 3 N–H and O–H groups in total. The molecule has 2 amide bonds. The molecule has 0 saturated heterocycles. The summed E-state index contributed by atoms with van der Waals surface area (Å²) < 4.78 is 10.2. The average molecular weight is 431 g/mol. The highest BCUT2D eigenvalue weighted by atomic mass is 16.6. The first-order valence-corrected chi connectivity index (χ1v) is 9.93. The third-order valence-electron chi connectivity index (χ3n) is 4.45. The second kappa shape index (κ2) is 10.1. The number of hydrogen-bond acceptors (Lipinski definition) is 6. The molecule has 2 rings (SSSR count). The topological polar surface area (TPSA) is 122 Å². The van der Waals surface area contributed by atoms with E-state index >= 15 is 0 Å². The Morgan fingerprint density at radius 3 is 2.35 bits per heavy atom. The molecule has 9 nitrogen and oxygen atoms in total. The molecule has 0 aliphatic rings. The number of carbonyl (C=O) groups is 3. The van der Waals surface area contributed by atoms with Crippen molar-refractivity contribution in [2.75, 3.05) is 7.11 Å². The fourth-order valence-electron chi connectivity index (χ4n) is 2.98. The van der Waals surface area contributed by atoms with Crippen LogP contribution in [0.25, 0.3) is 0 Å². The van der Waals surface area contributed by atoms with Crippen molar-refractivity contribution in [3.8, 4) is 0 Å². The normalized spacial score (nSPS) is 14.1. The summed E-state index contributed by atoms with van der Waals surface area (Å²) in [5.41, 5.74) is -0.632. The minimum Gasteiger partial charge on any atom is -0.467 e. The van der Waals surface area contributed by atoms with Crippen LogP contribution in [0.4, 0.5) is 4.79 Å². The van der Waals surface area contributed by atoms with E-state index < -0.39 is 35.2 Å². The lowest BCUT2D eigenvalue weighted by Crippen LogP contribution is -2.61. The Bertz CT molecular complexity index is 877. The molecule has 2 aromatic rings. The van der Waals surface area contributed by atoms with E-state index in [0.29, 0.717) is 5.69 Å². The summed E-state index contributed by atoms with van der Waals surface area (Å²) in [6.45, 7) is 6.79. The van der Waals surface area contributed by atoms with Crippen molar-refractivity contribution in [1.29, 1.82) is 0 Å². The number of carbonyl (C=O) groups excluding carboxylic acids is 3. The van der Waals surface area contributed by atoms with Crippen LogP contribution in [0.2, 0.25) is 0 Å². The monoisotopic (exact) mass is 430 g/mol. The van der Waals surface area contributed by atoms with Gasteiger partial charge in [0.05, 0.1) is 13.4 Å². The van der Waals surface area contributed by atoms with Gasteiger partial charge in [0.2, 0.25) is 5.91 Å². The summed E-state index contributed by atoms with van der Waals surface area (Å²) in [5, 5.41) is 5.38. The lowest BCUT2D eigenvalue weighted by Gasteiger charge is -2.32. The molecular formula is C22H30N4O5. The third kappa shape index (κ3) is 7.44. The van der Waals surface area contributed by atoms with Gasteiger partial charge in [-0.3, -0.25) is 4.79 Å². The molecule has 0 spiro atoms. The van der Waals surface area contributed by atoms with Crippen LogP contribution in [0.3, 0.4) is 0 Å². The van der Waals surface area contributed by atoms with E-state index in [4.69, 9.17) is 9.47 Å². The number of hydrogen-bond donors (Lipinski definition) is 3. The van der Waals surface area contributed by atoms with E-state index in [1.807, 2.05) is 30.3 Å². The van der Waals surface area contributed by atoms with E-state index in [1.165, 1.54) is 13.4 Å². The number of methoxy groups -OCH3 is 1. The number of aromatic nitrogens is 2. The van der Waals surface area contributed by atoms with Gasteiger partial charge in [0.15, 0.2) is 0 Å². The van der Waals surface area contributed by atoms with E-state index in [1.54, 1.807) is 33.9 Å². The number of imidazole rings is 1. The zero-order valence-corrected chi connectivity index (χ0v) is 18.5. The fraction of sp³-hybridized carbons (Fsp3) is 0.455. The van der Waals surface area contributed by atoms with Crippen LogP contribution in [0.15, 0.2) is 42.9 Å². The minimum atomic E-state index is -1.38. The Balaban J connectivity index is 2.26. The molecule has 9 heteroatoms. The van der Waals surface area contributed by atoms with Gasteiger partial charge in [0.25, 0.3) is 0 Å². The first-order chi connectivity index (χ1) is 14.5. The van der Waals surface area contributed by atoms with Crippen molar-refractivity contribution < 1.29 is 23.9 Å². The lowest BCUT2D eigenvalue weighted by molar-refractivity contribution is -0.145. The van der Waals surface area contributed by atoms with Crippen LogP contribution in [0, 0.1) is 0 Å². The fourth-order valence-corrected chi connectivity index (χ4v) is 2.98. The van der Waals surface area contributed by atoms with Crippen molar-refractivity contribution in [1.82, 2.24) is 20.6 Å². The van der Waals surface area contributed by atoms with Gasteiger partial charge in [-0.1, -0.05) is 30.3 Å². The molecule has 0 fully saturated rings. The van der Waals surface area contributed by atoms with Crippen molar-refractivity contribution in [2.45, 2.75) is 57.7 Å². The summed E-state index contributed by atoms with van der Waals surface area (Å²) in [6, 6.07) is 8.29. The summed E-state index contributed by atoms with van der Waals surface area (Å²) in [5.74, 6) is -1.15. The number of esters is 1. The van der Waals surface area contributed by atoms with Gasteiger partial charge in [-0.15, -0.1) is 0 Å². The van der Waals surface area contributed by atoms with Gasteiger partial charge in [0, 0.05) is 24.7 Å². The van der Waals surface area contributed by atoms with Gasteiger partial charge >= 0.3 is 12.1 Å². The molecule has 1 aromatic heterocycles. The first kappa shape index (κ1) is 23.9. The molecule has 0 saturated carbocycles. The number of aromatic amines is 1. The number of amides is 2. The Morgan fingerprint density at radius 2 is 1.81 bits per heavy atom. The highest BCUT2D eigenvalue weighted by Gasteiger charge is 2.39. The smallest absolute Gasteiger partial charge is 0.408 e. The van der Waals surface area contributed by atoms with Crippen LogP contribution >= 0.6 is 0 Å². The maximum Gasteiger partial charge on any atom is 0.408 e. The largest absolute Gasteiger partial charge is 0.467 e. The minimum absolute atomic E-state index is 0.159. The maximum atomic E-state index is 13.3. The first-order valence-electron chi connectivity index (χ1n) is 9.93. The van der Waals surface area contributed by atoms with Crippen LogP contribution < -0.4 is 10.6 Å². The molecule has 1 heterocycles. The molecule has 168 valence electrons. The van der Waals surface area contributed by atoms with Crippen LogP contribution in [0.1, 0.15) is 39.0 Å². The summed E-state index contributed by atoms with van der Waals surface area (Å²) in [6.07, 6.45) is 2.66. The van der Waals surface area contributed by atoms with Gasteiger partial charge in [-0.05, 0) is 33.3 Å². The van der Waals surface area contributed by atoms with Gasteiger partial charge < -0.3 is 25.1 Å². The number of H-pyrrole nitrogens is 1. The highest BCUT2D eigenvalue weighted by Crippen LogP contribution is 2.17. The molecule has 0 aliphatic heterocycles. The molecular weight excluding hydrogens is 400 g/mol. The summed E-state index contributed by atoms with van der Waals surface area (Å²) in [4.78, 5) is 44.9. The van der Waals surface area contributed by atoms with Crippen LogP contribution in [-0.2, 0) is 31.9 Å². The molecule has 1 aromatic carbocycles. The molecule has 0 radical (unpaired) electrons. The maximum absolute atomic E-state index is 13.3. The third-order valence-corrected chi connectivity index (χ3v) is 4.45. The summed E-state index contributed by atoms with van der Waals surface area (Å²) in [7, 11) is 1.25. The zero-order chi connectivity index (χ0) is 23.1. The van der Waals surface area contributed by atoms with Crippen LogP contribution in [-0.4, -0.2) is 52.2 Å². The Hall–Kier alpha value is -3.36. The van der Waals surface area contributed by atoms with Crippen molar-refractivity contribution >= 4 is 18.0 Å². The number of ether oxygens (including phenoxy) is 2. The van der Waals surface area contributed by atoms with E-state index in [-0.39, 0.29) is 12.8 Å². The highest BCUT2D eigenvalue weighted by molar-refractivity contribution is 5.93. The predicted molar refractivity (Wildman–Crippen MR) is 114 cm³/mol. The standard InChI is InChI=1S/C22H30N4O5/c1-21(2,3)31-20(29)26-22(4,12-15-9-7-6-8-10-15)19(28)25-17(18(27)30-5)11-16-13-23-14-24-16/h6-10,13-14,17H,11-12H2,1-5H3,(H,23,24)(H,25,28)(H,26,29)/t17-,22-/m0/s1. The van der Waals surface area contributed by atoms with E-state index in [9.17, 15) is 14.4 Å². The van der Waals surface area contributed by atoms with E-state index in [0.717, 1.165) is 5.56 Å². The molecule has 0 aliphatic carbocycles. The number of alkyl carbamates (subject to hydrolysis) is 1. The van der Waals surface area contributed by atoms with Gasteiger partial charge in [-0.25, -0.2) is 14.6 Å². The van der Waals surface area contributed by atoms with Crippen molar-refractivity contribution in [2.24, 2.45) is 0 Å². The lowest BCUT2D eigenvalue weighted by atomic mass is 9.91.